The number of hydrogen-bond donors (Lipinski definition) is 4. The minimum absolute atomic E-state index is 0.165. The first-order valence-electron chi connectivity index (χ1n) is 5.29. The highest BCUT2D eigenvalue weighted by Gasteiger charge is 2.48. The van der Waals surface area contributed by atoms with Crippen molar-refractivity contribution in [2.24, 2.45) is 11.7 Å². The van der Waals surface area contributed by atoms with Crippen LogP contribution in [0.25, 0.3) is 0 Å². The van der Waals surface area contributed by atoms with Gasteiger partial charge in [0, 0.05) is 30.4 Å². The maximum absolute atomic E-state index is 11.3. The van der Waals surface area contributed by atoms with Crippen LogP contribution in [0.1, 0.15) is 38.5 Å². The van der Waals surface area contributed by atoms with Gasteiger partial charge in [0.2, 0.25) is 0 Å². The van der Waals surface area contributed by atoms with Gasteiger partial charge in [-0.05, 0) is 12.8 Å². The Morgan fingerprint density at radius 1 is 1.27 bits per heavy atom. The van der Waals surface area contributed by atoms with Gasteiger partial charge < -0.3 is 5.73 Å². The van der Waals surface area contributed by atoms with Crippen LogP contribution in [-0.4, -0.2) is 16.5 Å². The third-order valence-electron chi connectivity index (χ3n) is 3.01. The molecule has 3 N–H and O–H groups in total. The number of amides is 1. The molecule has 1 fully saturated rings. The molecule has 0 aromatic carbocycles. The predicted molar refractivity (Wildman–Crippen MR) is 71.3 cm³/mol. The van der Waals surface area contributed by atoms with Crippen molar-refractivity contribution < 1.29 is 9.69 Å². The molecule has 1 amide bonds. The lowest BCUT2D eigenvalue weighted by Crippen LogP contribution is -2.34. The van der Waals surface area contributed by atoms with E-state index >= 15 is 0 Å². The largest absolute Gasteiger partial charge is 0.366 e. The van der Waals surface area contributed by atoms with E-state index in [1.54, 1.807) is 0 Å². The standard InChI is InChI=1S/C9H18NO2PS2/c10-9(11)8(13(12,14)15)7-5-3-1-2-4-6-7/h7-8,12,14-15H,1-6H2,(H-,10,11)/p+1. The summed E-state index contributed by atoms with van der Waals surface area (Å²) in [5.41, 5.74) is 4.78. The second kappa shape index (κ2) is 5.76. The Kier molecular flexibility index (Phi) is 5.23. The topological polar surface area (TPSA) is 63.3 Å². The minimum atomic E-state index is -2.76. The van der Waals surface area contributed by atoms with Crippen LogP contribution in [0.3, 0.4) is 0 Å². The normalized spacial score (nSPS) is 22.1. The second-order valence-electron chi connectivity index (χ2n) is 4.21. The van der Waals surface area contributed by atoms with E-state index in [4.69, 9.17) is 5.73 Å². The zero-order valence-corrected chi connectivity index (χ0v) is 11.4. The van der Waals surface area contributed by atoms with Crippen LogP contribution in [0.15, 0.2) is 0 Å². The molecule has 1 atom stereocenters. The molecular weight excluding hydrogens is 249 g/mol. The van der Waals surface area contributed by atoms with Gasteiger partial charge in [-0.15, -0.1) is 0 Å². The molecule has 0 heterocycles. The molecule has 15 heavy (non-hydrogen) atoms. The molecule has 1 aliphatic rings. The Labute approximate surface area is 102 Å². The molecular formula is C9H19NO2PS2+. The van der Waals surface area contributed by atoms with Crippen molar-refractivity contribution in [3.63, 3.8) is 0 Å². The first-order chi connectivity index (χ1) is 6.93. The van der Waals surface area contributed by atoms with Gasteiger partial charge in [0.25, 0.3) is 11.8 Å². The van der Waals surface area contributed by atoms with E-state index in [1.165, 1.54) is 12.8 Å². The minimum Gasteiger partial charge on any atom is -0.366 e. The number of hydrogen-bond acceptors (Lipinski definition) is 4. The van der Waals surface area contributed by atoms with Crippen molar-refractivity contribution in [2.45, 2.75) is 44.2 Å². The van der Waals surface area contributed by atoms with Crippen molar-refractivity contribution in [1.29, 1.82) is 0 Å². The highest BCUT2D eigenvalue weighted by atomic mass is 33.1. The highest BCUT2D eigenvalue weighted by molar-refractivity contribution is 8.83. The summed E-state index contributed by atoms with van der Waals surface area (Å²) in [7, 11) is 0. The van der Waals surface area contributed by atoms with E-state index in [1.807, 2.05) is 0 Å². The SMILES string of the molecule is NC(=O)C(C1CCCCCC1)[P+](O)(S)S. The van der Waals surface area contributed by atoms with E-state index in [2.05, 4.69) is 24.5 Å². The number of primary amides is 1. The third-order valence-corrected chi connectivity index (χ3v) is 5.93. The smallest absolute Gasteiger partial charge is 0.264 e. The van der Waals surface area contributed by atoms with E-state index in [0.717, 1.165) is 25.7 Å². The van der Waals surface area contributed by atoms with E-state index in [0.29, 0.717) is 0 Å². The van der Waals surface area contributed by atoms with Crippen molar-refractivity contribution in [1.82, 2.24) is 0 Å². The van der Waals surface area contributed by atoms with Crippen LogP contribution < -0.4 is 5.73 Å². The molecule has 0 spiro atoms. The Hall–Kier alpha value is 0.560. The van der Waals surface area contributed by atoms with E-state index < -0.39 is 17.5 Å². The number of thiol groups is 2. The molecule has 3 nitrogen and oxygen atoms in total. The quantitative estimate of drug-likeness (QED) is 0.361. The lowest BCUT2D eigenvalue weighted by Gasteiger charge is -2.24. The first-order valence-corrected chi connectivity index (χ1v) is 9.41. The second-order valence-corrected chi connectivity index (χ2v) is 10.6. The first kappa shape index (κ1) is 13.6. The highest BCUT2D eigenvalue weighted by Crippen LogP contribution is 2.70. The summed E-state index contributed by atoms with van der Waals surface area (Å²) in [5.74, 6) is -3.05. The van der Waals surface area contributed by atoms with Crippen LogP contribution in [-0.2, 0) is 4.79 Å². The van der Waals surface area contributed by atoms with Gasteiger partial charge in [-0.2, -0.15) is 0 Å². The van der Waals surface area contributed by atoms with E-state index in [-0.39, 0.29) is 5.92 Å². The fourth-order valence-corrected chi connectivity index (χ4v) is 5.33. The maximum atomic E-state index is 11.3. The molecule has 0 radical (unpaired) electrons. The summed E-state index contributed by atoms with van der Waals surface area (Å²) in [6, 6.07) is 0. The summed E-state index contributed by atoms with van der Waals surface area (Å²) in [4.78, 5) is 21.2. The monoisotopic (exact) mass is 268 g/mol. The molecule has 88 valence electrons. The summed E-state index contributed by atoms with van der Waals surface area (Å²) in [6.45, 7) is 0. The summed E-state index contributed by atoms with van der Waals surface area (Å²) >= 11 is 8.13. The zero-order chi connectivity index (χ0) is 11.5. The molecule has 1 aliphatic carbocycles. The molecule has 0 aromatic heterocycles. The average molecular weight is 268 g/mol. The Balaban J connectivity index is 2.74. The lowest BCUT2D eigenvalue weighted by molar-refractivity contribution is -0.118. The summed E-state index contributed by atoms with van der Waals surface area (Å²) in [5, 5.41) is 0. The zero-order valence-electron chi connectivity index (χ0n) is 8.67. The predicted octanol–water partition coefficient (Wildman–Crippen LogP) is 2.43. The molecule has 1 unspecified atom stereocenters. The average Bonchev–Trinajstić information content (AvgIpc) is 2.29. The van der Waals surface area contributed by atoms with Gasteiger partial charge in [0.1, 0.15) is 0 Å². The van der Waals surface area contributed by atoms with Crippen LogP contribution in [0, 0.1) is 5.92 Å². The van der Waals surface area contributed by atoms with Gasteiger partial charge in [-0.25, -0.2) is 4.89 Å². The van der Waals surface area contributed by atoms with Crippen LogP contribution >= 0.6 is 30.4 Å². The van der Waals surface area contributed by atoms with Gasteiger partial charge in [-0.3, -0.25) is 4.79 Å². The summed E-state index contributed by atoms with van der Waals surface area (Å²) in [6.07, 6.45) is 6.54. The molecule has 1 rings (SSSR count). The van der Waals surface area contributed by atoms with Crippen molar-refractivity contribution >= 4 is 36.3 Å². The van der Waals surface area contributed by atoms with Crippen LogP contribution in [0.5, 0.6) is 0 Å². The molecule has 0 aliphatic heterocycles. The van der Waals surface area contributed by atoms with Crippen molar-refractivity contribution in [3.8, 4) is 0 Å². The summed E-state index contributed by atoms with van der Waals surface area (Å²) < 4.78 is 0. The van der Waals surface area contributed by atoms with E-state index in [9.17, 15) is 9.69 Å². The van der Waals surface area contributed by atoms with Crippen LogP contribution in [0.2, 0.25) is 0 Å². The van der Waals surface area contributed by atoms with Crippen LogP contribution in [0.4, 0.5) is 0 Å². The van der Waals surface area contributed by atoms with Gasteiger partial charge in [0.15, 0.2) is 5.66 Å². The fraction of sp³-hybridized carbons (Fsp3) is 0.889. The number of rotatable bonds is 3. The number of carbonyl (C=O) groups is 1. The Morgan fingerprint density at radius 2 is 1.73 bits per heavy atom. The molecule has 6 heteroatoms. The fourth-order valence-electron chi connectivity index (χ4n) is 2.31. The van der Waals surface area contributed by atoms with Gasteiger partial charge in [0.05, 0.1) is 0 Å². The molecule has 0 saturated heterocycles. The number of nitrogens with two attached hydrogens (primary N) is 1. The van der Waals surface area contributed by atoms with Crippen molar-refractivity contribution in [2.75, 3.05) is 0 Å². The lowest BCUT2D eigenvalue weighted by atomic mass is 9.96. The number of carbonyl (C=O) groups excluding carboxylic acids is 1. The maximum Gasteiger partial charge on any atom is 0.264 e. The third kappa shape index (κ3) is 4.14. The van der Waals surface area contributed by atoms with Gasteiger partial charge >= 0.3 is 0 Å². The molecule has 0 bridgehead atoms. The Bertz CT molecular complexity index is 225. The Morgan fingerprint density at radius 3 is 2.07 bits per heavy atom. The molecule has 1 saturated carbocycles. The van der Waals surface area contributed by atoms with Crippen molar-refractivity contribution in [3.05, 3.63) is 0 Å². The van der Waals surface area contributed by atoms with Gasteiger partial charge in [-0.1, -0.05) is 25.7 Å². The molecule has 0 aromatic rings.